The van der Waals surface area contributed by atoms with E-state index in [0.29, 0.717) is 25.3 Å². The van der Waals surface area contributed by atoms with Crippen LogP contribution < -0.4 is 10.6 Å². The topological polar surface area (TPSA) is 83.8 Å². The fourth-order valence-corrected chi connectivity index (χ4v) is 3.11. The largest absolute Gasteiger partial charge is 0.472 e. The Hall–Kier alpha value is -2.64. The first-order valence-corrected chi connectivity index (χ1v) is 9.53. The molecule has 2 aromatic rings. The van der Waals surface area contributed by atoms with Gasteiger partial charge in [-0.1, -0.05) is 29.8 Å². The number of hydrogen-bond acceptors (Lipinski definition) is 5. The lowest BCUT2D eigenvalue weighted by molar-refractivity contribution is -0.123. The van der Waals surface area contributed by atoms with Crippen LogP contribution in [0, 0.1) is 6.92 Å². The molecule has 1 aliphatic heterocycles. The second-order valence-corrected chi connectivity index (χ2v) is 7.09. The summed E-state index contributed by atoms with van der Waals surface area (Å²) in [5.74, 6) is -0.563. The first-order valence-electron chi connectivity index (χ1n) is 9.53. The van der Waals surface area contributed by atoms with E-state index in [1.165, 1.54) is 18.1 Å². The molecule has 0 spiro atoms. The summed E-state index contributed by atoms with van der Waals surface area (Å²) in [7, 11) is 0. The zero-order chi connectivity index (χ0) is 19.9. The second kappa shape index (κ2) is 9.52. The Labute approximate surface area is 165 Å². The summed E-state index contributed by atoms with van der Waals surface area (Å²) in [4.78, 5) is 27.2. The number of carbonyl (C=O) groups excluding carboxylic acids is 2. The standard InChI is InChI=1S/C21H27N3O4/c1-15-3-5-17(6-4-15)19(13-24-8-11-27-12-9-24)23-20(25)16(2)22-21(26)18-7-10-28-14-18/h3-7,10,14,16,19H,8-9,11-13H2,1-2H3,(H,22,26)(H,23,25). The van der Waals surface area contributed by atoms with Crippen molar-refractivity contribution >= 4 is 11.8 Å². The lowest BCUT2D eigenvalue weighted by Crippen LogP contribution is -2.49. The minimum Gasteiger partial charge on any atom is -0.472 e. The van der Waals surface area contributed by atoms with E-state index in [4.69, 9.17) is 9.15 Å². The Morgan fingerprint density at radius 3 is 2.46 bits per heavy atom. The zero-order valence-electron chi connectivity index (χ0n) is 16.3. The van der Waals surface area contributed by atoms with Crippen molar-refractivity contribution in [3.05, 3.63) is 59.5 Å². The van der Waals surface area contributed by atoms with E-state index in [-0.39, 0.29) is 17.9 Å². The molecule has 2 atom stereocenters. The molecule has 1 fully saturated rings. The number of furan rings is 1. The Kier molecular flexibility index (Phi) is 6.84. The molecule has 0 saturated carbocycles. The van der Waals surface area contributed by atoms with Gasteiger partial charge >= 0.3 is 0 Å². The summed E-state index contributed by atoms with van der Waals surface area (Å²) < 4.78 is 10.3. The van der Waals surface area contributed by atoms with Gasteiger partial charge < -0.3 is 19.8 Å². The highest BCUT2D eigenvalue weighted by molar-refractivity contribution is 5.97. The average Bonchev–Trinajstić information content (AvgIpc) is 3.24. The highest BCUT2D eigenvalue weighted by Crippen LogP contribution is 2.17. The predicted octanol–water partition coefficient (Wildman–Crippen LogP) is 1.90. The molecule has 3 rings (SSSR count). The van der Waals surface area contributed by atoms with Crippen LogP contribution in [0.25, 0.3) is 0 Å². The number of hydrogen-bond donors (Lipinski definition) is 2. The van der Waals surface area contributed by atoms with Gasteiger partial charge in [-0.3, -0.25) is 14.5 Å². The first kappa shape index (κ1) is 20.1. The molecule has 1 aromatic carbocycles. The molecule has 7 heteroatoms. The highest BCUT2D eigenvalue weighted by atomic mass is 16.5. The van der Waals surface area contributed by atoms with Gasteiger partial charge in [0.1, 0.15) is 12.3 Å². The average molecular weight is 385 g/mol. The van der Waals surface area contributed by atoms with Gasteiger partial charge in [0.05, 0.1) is 31.1 Å². The SMILES string of the molecule is Cc1ccc(C(CN2CCOCC2)NC(=O)C(C)NC(=O)c2ccoc2)cc1. The normalized spacial score (nSPS) is 16.9. The molecule has 0 radical (unpaired) electrons. The van der Waals surface area contributed by atoms with Crippen molar-refractivity contribution < 1.29 is 18.7 Å². The van der Waals surface area contributed by atoms with E-state index < -0.39 is 6.04 Å². The highest BCUT2D eigenvalue weighted by Gasteiger charge is 2.24. The fraction of sp³-hybridized carbons (Fsp3) is 0.429. The number of carbonyl (C=O) groups is 2. The summed E-state index contributed by atoms with van der Waals surface area (Å²) in [6.45, 7) is 7.48. The molecule has 0 aliphatic carbocycles. The number of nitrogens with zero attached hydrogens (tertiary/aromatic N) is 1. The van der Waals surface area contributed by atoms with Gasteiger partial charge in [-0.25, -0.2) is 0 Å². The third-order valence-electron chi connectivity index (χ3n) is 4.86. The third kappa shape index (κ3) is 5.43. The third-order valence-corrected chi connectivity index (χ3v) is 4.86. The van der Waals surface area contributed by atoms with Crippen LogP contribution in [0.3, 0.4) is 0 Å². The molecule has 28 heavy (non-hydrogen) atoms. The molecule has 2 heterocycles. The number of amides is 2. The van der Waals surface area contributed by atoms with Gasteiger partial charge in [-0.05, 0) is 25.5 Å². The summed E-state index contributed by atoms with van der Waals surface area (Å²) >= 11 is 0. The first-order chi connectivity index (χ1) is 13.5. The zero-order valence-corrected chi connectivity index (χ0v) is 16.3. The van der Waals surface area contributed by atoms with Gasteiger partial charge in [-0.15, -0.1) is 0 Å². The molecule has 1 aromatic heterocycles. The Morgan fingerprint density at radius 1 is 1.11 bits per heavy atom. The number of benzene rings is 1. The Morgan fingerprint density at radius 2 is 1.82 bits per heavy atom. The quantitative estimate of drug-likeness (QED) is 0.761. The molecule has 2 unspecified atom stereocenters. The van der Waals surface area contributed by atoms with Gasteiger partial charge in [-0.2, -0.15) is 0 Å². The lowest BCUT2D eigenvalue weighted by Gasteiger charge is -2.31. The number of ether oxygens (including phenoxy) is 1. The van der Waals surface area contributed by atoms with Crippen molar-refractivity contribution in [3.63, 3.8) is 0 Å². The summed E-state index contributed by atoms with van der Waals surface area (Å²) in [6.07, 6.45) is 2.78. The van der Waals surface area contributed by atoms with Crippen LogP contribution in [-0.4, -0.2) is 55.6 Å². The minimum atomic E-state index is -0.667. The molecule has 2 N–H and O–H groups in total. The van der Waals surface area contributed by atoms with Gasteiger partial charge in [0.15, 0.2) is 0 Å². The molecule has 2 amide bonds. The van der Waals surface area contributed by atoms with E-state index in [2.05, 4.69) is 15.5 Å². The van der Waals surface area contributed by atoms with Crippen molar-refractivity contribution in [3.8, 4) is 0 Å². The Balaban J connectivity index is 1.65. The van der Waals surface area contributed by atoms with Crippen LogP contribution >= 0.6 is 0 Å². The lowest BCUT2D eigenvalue weighted by atomic mass is 10.0. The van der Waals surface area contributed by atoms with Crippen LogP contribution in [0.2, 0.25) is 0 Å². The monoisotopic (exact) mass is 385 g/mol. The molecule has 7 nitrogen and oxygen atoms in total. The van der Waals surface area contributed by atoms with E-state index in [1.807, 2.05) is 31.2 Å². The van der Waals surface area contributed by atoms with E-state index >= 15 is 0 Å². The number of rotatable bonds is 7. The summed E-state index contributed by atoms with van der Waals surface area (Å²) in [5.41, 5.74) is 2.60. The molecular weight excluding hydrogens is 358 g/mol. The number of morpholine rings is 1. The summed E-state index contributed by atoms with van der Waals surface area (Å²) in [6, 6.07) is 8.88. The van der Waals surface area contributed by atoms with Crippen LogP contribution in [0.15, 0.2) is 47.3 Å². The molecule has 1 aliphatic rings. The predicted molar refractivity (Wildman–Crippen MR) is 105 cm³/mol. The summed E-state index contributed by atoms with van der Waals surface area (Å²) in [5, 5.41) is 5.80. The van der Waals surface area contributed by atoms with Gasteiger partial charge in [0.25, 0.3) is 5.91 Å². The molecule has 0 bridgehead atoms. The molecule has 150 valence electrons. The maximum Gasteiger partial charge on any atom is 0.255 e. The van der Waals surface area contributed by atoms with Crippen molar-refractivity contribution in [2.45, 2.75) is 25.9 Å². The van der Waals surface area contributed by atoms with Gasteiger partial charge in [0.2, 0.25) is 5.91 Å². The second-order valence-electron chi connectivity index (χ2n) is 7.09. The van der Waals surface area contributed by atoms with E-state index in [9.17, 15) is 9.59 Å². The smallest absolute Gasteiger partial charge is 0.255 e. The Bertz CT molecular complexity index is 767. The van der Waals surface area contributed by atoms with Crippen LogP contribution in [0.1, 0.15) is 34.5 Å². The van der Waals surface area contributed by atoms with Crippen LogP contribution in [-0.2, 0) is 9.53 Å². The fourth-order valence-electron chi connectivity index (χ4n) is 3.11. The maximum atomic E-state index is 12.7. The maximum absolute atomic E-state index is 12.7. The van der Waals surface area contributed by atoms with Crippen molar-refractivity contribution in [1.29, 1.82) is 0 Å². The van der Waals surface area contributed by atoms with Crippen LogP contribution in [0.5, 0.6) is 0 Å². The van der Waals surface area contributed by atoms with Crippen molar-refractivity contribution in [1.82, 2.24) is 15.5 Å². The number of nitrogens with one attached hydrogen (secondary N) is 2. The van der Waals surface area contributed by atoms with Crippen molar-refractivity contribution in [2.75, 3.05) is 32.8 Å². The molecular formula is C21H27N3O4. The van der Waals surface area contributed by atoms with E-state index in [0.717, 1.165) is 18.7 Å². The number of aryl methyl sites for hydroxylation is 1. The van der Waals surface area contributed by atoms with Crippen molar-refractivity contribution in [2.24, 2.45) is 0 Å². The molecule has 1 saturated heterocycles. The van der Waals surface area contributed by atoms with Gasteiger partial charge in [0, 0.05) is 19.6 Å². The minimum absolute atomic E-state index is 0.167. The van der Waals surface area contributed by atoms with E-state index in [1.54, 1.807) is 13.0 Å². The van der Waals surface area contributed by atoms with Crippen LogP contribution in [0.4, 0.5) is 0 Å².